The highest BCUT2D eigenvalue weighted by atomic mass is 19.3. The number of carboxylic acid groups (broad SMARTS) is 1. The molecule has 1 amide bonds. The van der Waals surface area contributed by atoms with E-state index in [2.05, 4.69) is 0 Å². The highest BCUT2D eigenvalue weighted by molar-refractivity contribution is 5.90. The van der Waals surface area contributed by atoms with Crippen molar-refractivity contribution in [3.63, 3.8) is 0 Å². The third-order valence-corrected chi connectivity index (χ3v) is 3.03. The van der Waals surface area contributed by atoms with E-state index in [0.29, 0.717) is 6.42 Å². The zero-order chi connectivity index (χ0) is 15.4. The number of halogens is 2. The predicted octanol–water partition coefficient (Wildman–Crippen LogP) is 2.54. The molecule has 0 aliphatic carbocycles. The Morgan fingerprint density at radius 2 is 1.80 bits per heavy atom. The van der Waals surface area contributed by atoms with E-state index in [1.165, 1.54) is 19.1 Å². The van der Waals surface area contributed by atoms with Crippen LogP contribution in [0.2, 0.25) is 0 Å². The fourth-order valence-electron chi connectivity index (χ4n) is 1.83. The summed E-state index contributed by atoms with van der Waals surface area (Å²) in [5.74, 6) is -6.72. The molecule has 6 heteroatoms. The Hall–Kier alpha value is -1.98. The van der Waals surface area contributed by atoms with Crippen molar-refractivity contribution in [1.29, 1.82) is 0 Å². The number of carbonyl (C=O) groups is 2. The van der Waals surface area contributed by atoms with Crippen LogP contribution in [0.4, 0.5) is 8.78 Å². The highest BCUT2D eigenvalue weighted by Crippen LogP contribution is 2.29. The van der Waals surface area contributed by atoms with Crippen molar-refractivity contribution in [3.05, 3.63) is 35.9 Å². The molecule has 0 saturated heterocycles. The Balaban J connectivity index is 2.97. The Morgan fingerprint density at radius 3 is 2.25 bits per heavy atom. The van der Waals surface area contributed by atoms with E-state index >= 15 is 0 Å². The highest BCUT2D eigenvalue weighted by Gasteiger charge is 2.45. The van der Waals surface area contributed by atoms with Crippen LogP contribution in [0.1, 0.15) is 32.3 Å². The zero-order valence-electron chi connectivity index (χ0n) is 11.3. The van der Waals surface area contributed by atoms with Gasteiger partial charge in [-0.1, -0.05) is 43.7 Å². The molecule has 2 N–H and O–H groups in total. The first-order valence-corrected chi connectivity index (χ1v) is 6.23. The number of hydrogen-bond donors (Lipinski definition) is 2. The number of carbonyl (C=O) groups excluding carboxylic acids is 1. The maximum atomic E-state index is 14.0. The van der Waals surface area contributed by atoms with Crippen molar-refractivity contribution in [2.75, 3.05) is 0 Å². The summed E-state index contributed by atoms with van der Waals surface area (Å²) in [6.07, 6.45) is 0.513. The molecule has 1 aromatic carbocycles. The van der Waals surface area contributed by atoms with Crippen LogP contribution in [0.5, 0.6) is 0 Å². The van der Waals surface area contributed by atoms with Gasteiger partial charge in [0.2, 0.25) is 0 Å². The Morgan fingerprint density at radius 1 is 1.25 bits per heavy atom. The molecule has 0 saturated carbocycles. The summed E-state index contributed by atoms with van der Waals surface area (Å²) in [5, 5.41) is 11.0. The van der Waals surface area contributed by atoms with Gasteiger partial charge in [-0.25, -0.2) is 4.79 Å². The zero-order valence-corrected chi connectivity index (χ0v) is 11.3. The first-order valence-electron chi connectivity index (χ1n) is 6.23. The van der Waals surface area contributed by atoms with Gasteiger partial charge in [-0.3, -0.25) is 4.79 Å². The minimum atomic E-state index is -3.77. The van der Waals surface area contributed by atoms with Crippen molar-refractivity contribution in [2.45, 2.75) is 38.2 Å². The minimum absolute atomic E-state index is 0.0684. The first kappa shape index (κ1) is 16.1. The van der Waals surface area contributed by atoms with Crippen LogP contribution in [0, 0.1) is 0 Å². The van der Waals surface area contributed by atoms with Crippen LogP contribution in [-0.4, -0.2) is 22.5 Å². The second kappa shape index (κ2) is 5.98. The lowest BCUT2D eigenvalue weighted by Gasteiger charge is -2.28. The summed E-state index contributed by atoms with van der Waals surface area (Å²) >= 11 is 0. The Labute approximate surface area is 115 Å². The molecule has 0 aliphatic heterocycles. The third kappa shape index (κ3) is 3.31. The lowest BCUT2D eigenvalue weighted by Crippen LogP contribution is -2.55. The molecule has 0 aliphatic rings. The van der Waals surface area contributed by atoms with Gasteiger partial charge in [-0.05, 0) is 13.3 Å². The first-order chi connectivity index (χ1) is 9.24. The summed E-state index contributed by atoms with van der Waals surface area (Å²) in [5.41, 5.74) is -2.17. The number of carboxylic acids is 1. The van der Waals surface area contributed by atoms with E-state index in [9.17, 15) is 18.4 Å². The molecule has 110 valence electrons. The molecular formula is C14H17F2NO3. The molecule has 0 fully saturated rings. The number of rotatable bonds is 6. The van der Waals surface area contributed by atoms with Gasteiger partial charge in [-0.15, -0.1) is 0 Å². The van der Waals surface area contributed by atoms with Gasteiger partial charge in [-0.2, -0.15) is 8.78 Å². The maximum absolute atomic E-state index is 14.0. The SMILES string of the molecule is CCCC(C)(NC(=O)C(F)(F)c1ccccc1)C(=O)O. The topological polar surface area (TPSA) is 66.4 Å². The van der Waals surface area contributed by atoms with Gasteiger partial charge in [0.15, 0.2) is 0 Å². The normalized spacial score (nSPS) is 14.4. The summed E-state index contributed by atoms with van der Waals surface area (Å²) in [4.78, 5) is 22.9. The van der Waals surface area contributed by atoms with E-state index in [0.717, 1.165) is 12.1 Å². The Kier molecular flexibility index (Phi) is 4.81. The van der Waals surface area contributed by atoms with E-state index in [1.807, 2.05) is 5.32 Å². The van der Waals surface area contributed by atoms with Crippen LogP contribution in [0.15, 0.2) is 30.3 Å². The fourth-order valence-corrected chi connectivity index (χ4v) is 1.83. The minimum Gasteiger partial charge on any atom is -0.480 e. The Bertz CT molecular complexity index is 490. The van der Waals surface area contributed by atoms with Crippen molar-refractivity contribution >= 4 is 11.9 Å². The van der Waals surface area contributed by atoms with Gasteiger partial charge in [0.25, 0.3) is 5.91 Å². The van der Waals surface area contributed by atoms with Crippen molar-refractivity contribution in [1.82, 2.24) is 5.32 Å². The number of nitrogens with one attached hydrogen (secondary N) is 1. The number of hydrogen-bond acceptors (Lipinski definition) is 2. The van der Waals surface area contributed by atoms with E-state index in [1.54, 1.807) is 13.0 Å². The average Bonchev–Trinajstić information content (AvgIpc) is 2.39. The molecule has 0 heterocycles. The van der Waals surface area contributed by atoms with Gasteiger partial charge < -0.3 is 10.4 Å². The lowest BCUT2D eigenvalue weighted by atomic mass is 9.95. The molecule has 4 nitrogen and oxygen atoms in total. The molecule has 1 aromatic rings. The van der Waals surface area contributed by atoms with Crippen molar-refractivity contribution in [3.8, 4) is 0 Å². The predicted molar refractivity (Wildman–Crippen MR) is 69.4 cm³/mol. The molecule has 20 heavy (non-hydrogen) atoms. The van der Waals surface area contributed by atoms with Crippen LogP contribution < -0.4 is 5.32 Å². The van der Waals surface area contributed by atoms with Crippen LogP contribution in [0.3, 0.4) is 0 Å². The van der Waals surface area contributed by atoms with Crippen molar-refractivity contribution in [2.24, 2.45) is 0 Å². The van der Waals surface area contributed by atoms with Gasteiger partial charge in [0.1, 0.15) is 5.54 Å². The third-order valence-electron chi connectivity index (χ3n) is 3.03. The molecule has 0 spiro atoms. The quantitative estimate of drug-likeness (QED) is 0.844. The number of amides is 1. The summed E-state index contributed by atoms with van der Waals surface area (Å²) in [7, 11) is 0. The summed E-state index contributed by atoms with van der Waals surface area (Å²) in [6, 6.07) is 6.57. The molecule has 0 aromatic heterocycles. The molecular weight excluding hydrogens is 268 g/mol. The number of alkyl halides is 2. The maximum Gasteiger partial charge on any atom is 0.349 e. The molecule has 0 radical (unpaired) electrons. The largest absolute Gasteiger partial charge is 0.480 e. The van der Waals surface area contributed by atoms with E-state index in [4.69, 9.17) is 5.11 Å². The van der Waals surface area contributed by atoms with Gasteiger partial charge >= 0.3 is 11.9 Å². The monoisotopic (exact) mass is 285 g/mol. The average molecular weight is 285 g/mol. The molecule has 1 rings (SSSR count). The van der Waals surface area contributed by atoms with Crippen LogP contribution in [-0.2, 0) is 15.5 Å². The smallest absolute Gasteiger partial charge is 0.349 e. The second-order valence-electron chi connectivity index (χ2n) is 4.78. The van der Waals surface area contributed by atoms with E-state index < -0.39 is 28.9 Å². The molecule has 0 bridgehead atoms. The van der Waals surface area contributed by atoms with Crippen molar-refractivity contribution < 1.29 is 23.5 Å². The lowest BCUT2D eigenvalue weighted by molar-refractivity contribution is -0.156. The molecule has 1 unspecified atom stereocenters. The second-order valence-corrected chi connectivity index (χ2v) is 4.78. The molecule has 1 atom stereocenters. The van der Waals surface area contributed by atoms with Gasteiger partial charge in [0.05, 0.1) is 0 Å². The standard InChI is InChI=1S/C14H17F2NO3/c1-3-9-13(2,12(19)20)17-11(18)14(15,16)10-7-5-4-6-8-10/h4-8H,3,9H2,1-2H3,(H,17,18)(H,19,20). The van der Waals surface area contributed by atoms with Crippen LogP contribution in [0.25, 0.3) is 0 Å². The fraction of sp³-hybridized carbons (Fsp3) is 0.429. The van der Waals surface area contributed by atoms with Crippen LogP contribution >= 0.6 is 0 Å². The number of benzene rings is 1. The number of aliphatic carboxylic acids is 1. The van der Waals surface area contributed by atoms with Gasteiger partial charge in [0, 0.05) is 5.56 Å². The van der Waals surface area contributed by atoms with E-state index in [-0.39, 0.29) is 6.42 Å². The summed E-state index contributed by atoms with van der Waals surface area (Å²) in [6.45, 7) is 2.93. The summed E-state index contributed by atoms with van der Waals surface area (Å²) < 4.78 is 28.0.